The Bertz CT molecular complexity index is 916. The lowest BCUT2D eigenvalue weighted by Crippen LogP contribution is -2.50. The molecule has 0 bridgehead atoms. The van der Waals surface area contributed by atoms with E-state index < -0.39 is 11.7 Å². The Morgan fingerprint density at radius 1 is 0.931 bits per heavy atom. The zero-order valence-corrected chi connectivity index (χ0v) is 15.8. The van der Waals surface area contributed by atoms with Crippen LogP contribution in [0.15, 0.2) is 48.5 Å². The first-order valence-electron chi connectivity index (χ1n) is 9.71. The van der Waals surface area contributed by atoms with Crippen LogP contribution in [0.3, 0.4) is 0 Å². The minimum Gasteiger partial charge on any atom is -0.338 e. The molecule has 0 aliphatic carbocycles. The Morgan fingerprint density at radius 2 is 1.59 bits per heavy atom. The van der Waals surface area contributed by atoms with E-state index in [-0.39, 0.29) is 23.4 Å². The number of para-hydroxylation sites is 1. The van der Waals surface area contributed by atoms with Gasteiger partial charge < -0.3 is 9.80 Å². The van der Waals surface area contributed by atoms with Gasteiger partial charge >= 0.3 is 6.18 Å². The van der Waals surface area contributed by atoms with Gasteiger partial charge in [0.1, 0.15) is 0 Å². The number of hydrogen-bond donors (Lipinski definition) is 0. The van der Waals surface area contributed by atoms with E-state index in [1.54, 1.807) is 4.90 Å². The van der Waals surface area contributed by atoms with Crippen LogP contribution in [0.25, 0.3) is 0 Å². The van der Waals surface area contributed by atoms with Crippen LogP contribution in [0.4, 0.5) is 18.9 Å². The molecule has 152 valence electrons. The second-order valence-electron chi connectivity index (χ2n) is 7.49. The van der Waals surface area contributed by atoms with Crippen molar-refractivity contribution in [1.82, 2.24) is 4.90 Å². The maximum Gasteiger partial charge on any atom is 0.416 e. The van der Waals surface area contributed by atoms with Crippen molar-refractivity contribution in [3.05, 3.63) is 65.2 Å². The molecule has 0 N–H and O–H groups in total. The van der Waals surface area contributed by atoms with Gasteiger partial charge in [-0.3, -0.25) is 9.59 Å². The number of hydrogen-bond acceptors (Lipinski definition) is 2. The van der Waals surface area contributed by atoms with Crippen molar-refractivity contribution in [3.8, 4) is 0 Å². The summed E-state index contributed by atoms with van der Waals surface area (Å²) >= 11 is 0. The first kappa shape index (κ1) is 19.5. The van der Waals surface area contributed by atoms with Crippen LogP contribution in [0.2, 0.25) is 0 Å². The summed E-state index contributed by atoms with van der Waals surface area (Å²) in [5.41, 5.74) is 1.59. The van der Waals surface area contributed by atoms with Crippen molar-refractivity contribution >= 4 is 17.5 Å². The van der Waals surface area contributed by atoms with Gasteiger partial charge in [0.05, 0.1) is 5.56 Å². The predicted molar refractivity (Wildman–Crippen MR) is 103 cm³/mol. The molecule has 2 aliphatic heterocycles. The molecule has 2 aromatic carbocycles. The number of halogens is 3. The highest BCUT2D eigenvalue weighted by Gasteiger charge is 2.34. The van der Waals surface area contributed by atoms with E-state index in [0.717, 1.165) is 29.8 Å². The van der Waals surface area contributed by atoms with Crippen molar-refractivity contribution in [1.29, 1.82) is 0 Å². The molecule has 2 aliphatic rings. The fourth-order valence-electron chi connectivity index (χ4n) is 4.17. The smallest absolute Gasteiger partial charge is 0.338 e. The fourth-order valence-corrected chi connectivity index (χ4v) is 4.17. The number of carbonyl (C=O) groups is 2. The number of likely N-dealkylation sites (tertiary alicyclic amines) is 1. The molecule has 0 spiro atoms. The number of piperidine rings is 1. The van der Waals surface area contributed by atoms with Gasteiger partial charge in [-0.1, -0.05) is 18.2 Å². The normalized spacial score (nSPS) is 18.0. The summed E-state index contributed by atoms with van der Waals surface area (Å²) in [6, 6.07) is 12.2. The molecule has 7 heteroatoms. The van der Waals surface area contributed by atoms with E-state index in [4.69, 9.17) is 0 Å². The molecule has 1 fully saturated rings. The average Bonchev–Trinajstić information content (AvgIpc) is 2.73. The van der Waals surface area contributed by atoms with Gasteiger partial charge in [0.25, 0.3) is 5.91 Å². The van der Waals surface area contributed by atoms with Crippen LogP contribution in [0.5, 0.6) is 0 Å². The molecule has 0 atom stereocenters. The first-order chi connectivity index (χ1) is 13.8. The molecule has 2 heterocycles. The number of amides is 2. The van der Waals surface area contributed by atoms with Crippen LogP contribution in [-0.4, -0.2) is 35.8 Å². The zero-order chi connectivity index (χ0) is 20.6. The van der Waals surface area contributed by atoms with Crippen LogP contribution in [-0.2, 0) is 17.4 Å². The highest BCUT2D eigenvalue weighted by molar-refractivity contribution is 5.97. The summed E-state index contributed by atoms with van der Waals surface area (Å²) in [5.74, 6) is -0.168. The minimum absolute atomic E-state index is 0.0283. The van der Waals surface area contributed by atoms with E-state index in [1.165, 1.54) is 12.1 Å². The lowest BCUT2D eigenvalue weighted by molar-refractivity contribution is -0.137. The van der Waals surface area contributed by atoms with Gasteiger partial charge in [-0.05, 0) is 55.2 Å². The number of benzene rings is 2. The molecule has 0 saturated carbocycles. The van der Waals surface area contributed by atoms with Gasteiger partial charge in [-0.15, -0.1) is 0 Å². The molecular formula is C22H21F3N2O2. The molecule has 0 aromatic heterocycles. The van der Waals surface area contributed by atoms with E-state index in [9.17, 15) is 22.8 Å². The van der Waals surface area contributed by atoms with Gasteiger partial charge in [-0.25, -0.2) is 0 Å². The Morgan fingerprint density at radius 3 is 2.24 bits per heavy atom. The maximum atomic E-state index is 12.7. The Kier molecular flexibility index (Phi) is 5.06. The van der Waals surface area contributed by atoms with E-state index >= 15 is 0 Å². The monoisotopic (exact) mass is 402 g/mol. The topological polar surface area (TPSA) is 40.6 Å². The second-order valence-corrected chi connectivity index (χ2v) is 7.49. The van der Waals surface area contributed by atoms with E-state index in [0.29, 0.717) is 32.4 Å². The molecule has 2 aromatic rings. The van der Waals surface area contributed by atoms with Crippen molar-refractivity contribution < 1.29 is 22.8 Å². The van der Waals surface area contributed by atoms with E-state index in [2.05, 4.69) is 0 Å². The van der Waals surface area contributed by atoms with Gasteiger partial charge in [0.15, 0.2) is 0 Å². The number of aryl methyl sites for hydroxylation is 1. The molecular weight excluding hydrogens is 381 g/mol. The molecule has 2 amide bonds. The van der Waals surface area contributed by atoms with Crippen molar-refractivity contribution in [2.45, 2.75) is 37.9 Å². The predicted octanol–water partition coefficient (Wildman–Crippen LogP) is 4.29. The lowest BCUT2D eigenvalue weighted by Gasteiger charge is -2.41. The van der Waals surface area contributed by atoms with Crippen LogP contribution < -0.4 is 4.90 Å². The van der Waals surface area contributed by atoms with Gasteiger partial charge in [-0.2, -0.15) is 13.2 Å². The lowest BCUT2D eigenvalue weighted by atomic mass is 9.95. The second kappa shape index (κ2) is 7.54. The molecule has 29 heavy (non-hydrogen) atoms. The summed E-state index contributed by atoms with van der Waals surface area (Å²) in [5, 5.41) is 0. The SMILES string of the molecule is O=C(c1ccc(C(F)(F)F)cc1)N1CCC(N2C(=O)CCc3ccccc32)CC1. The standard InChI is InChI=1S/C22H21F3N2O2/c23-22(24,25)17-8-5-16(6-9-17)21(29)26-13-11-18(12-14-26)27-19-4-2-1-3-15(19)7-10-20(27)28/h1-6,8-9,18H,7,10-14H2. The molecule has 4 rings (SSSR count). The Labute approximate surface area is 166 Å². The fraction of sp³-hybridized carbons (Fsp3) is 0.364. The van der Waals surface area contributed by atoms with Crippen molar-refractivity contribution in [2.24, 2.45) is 0 Å². The number of anilines is 1. The summed E-state index contributed by atoms with van der Waals surface area (Å²) in [7, 11) is 0. The number of fused-ring (bicyclic) bond motifs is 1. The highest BCUT2D eigenvalue weighted by Crippen LogP contribution is 2.33. The zero-order valence-electron chi connectivity index (χ0n) is 15.8. The van der Waals surface area contributed by atoms with Crippen molar-refractivity contribution in [2.75, 3.05) is 18.0 Å². The third-order valence-electron chi connectivity index (χ3n) is 5.70. The maximum absolute atomic E-state index is 12.7. The largest absolute Gasteiger partial charge is 0.416 e. The van der Waals surface area contributed by atoms with Gasteiger partial charge in [0.2, 0.25) is 5.91 Å². The number of rotatable bonds is 2. The summed E-state index contributed by atoms with van der Waals surface area (Å²) in [6.07, 6.45) is -1.89. The summed E-state index contributed by atoms with van der Waals surface area (Å²) in [6.45, 7) is 0.937. The summed E-state index contributed by atoms with van der Waals surface area (Å²) < 4.78 is 38.1. The highest BCUT2D eigenvalue weighted by atomic mass is 19.4. The number of alkyl halides is 3. The average molecular weight is 402 g/mol. The third-order valence-corrected chi connectivity index (χ3v) is 5.70. The summed E-state index contributed by atoms with van der Waals surface area (Å²) in [4.78, 5) is 28.8. The minimum atomic E-state index is -4.42. The van der Waals surface area contributed by atoms with Crippen molar-refractivity contribution in [3.63, 3.8) is 0 Å². The van der Waals surface area contributed by atoms with Crippen LogP contribution in [0, 0.1) is 0 Å². The third kappa shape index (κ3) is 3.86. The van der Waals surface area contributed by atoms with Gasteiger partial charge in [0, 0.05) is 36.8 Å². The molecule has 1 saturated heterocycles. The Hall–Kier alpha value is -2.83. The number of nitrogens with zero attached hydrogens (tertiary/aromatic N) is 2. The van der Waals surface area contributed by atoms with Crippen LogP contribution in [0.1, 0.15) is 40.7 Å². The van der Waals surface area contributed by atoms with Crippen LogP contribution >= 0.6 is 0 Å². The first-order valence-corrected chi connectivity index (χ1v) is 9.71. The molecule has 0 radical (unpaired) electrons. The van der Waals surface area contributed by atoms with E-state index in [1.807, 2.05) is 29.2 Å². The quantitative estimate of drug-likeness (QED) is 0.752. The molecule has 4 nitrogen and oxygen atoms in total. The Balaban J connectivity index is 1.43. The number of carbonyl (C=O) groups excluding carboxylic acids is 2. The molecule has 0 unspecified atom stereocenters.